The molecule has 0 spiro atoms. The summed E-state index contributed by atoms with van der Waals surface area (Å²) in [5.41, 5.74) is -0.0909. The number of halogens is 1. The summed E-state index contributed by atoms with van der Waals surface area (Å²) in [6.07, 6.45) is 3.57. The SMILES string of the molecule is Cn1cncc1CN1CCOCC(O)(COc2cccc(F)c2)C1. The second kappa shape index (κ2) is 7.29. The molecule has 1 atom stereocenters. The minimum Gasteiger partial charge on any atom is -0.490 e. The molecule has 0 amide bonds. The van der Waals surface area contributed by atoms with Gasteiger partial charge in [-0.2, -0.15) is 0 Å². The van der Waals surface area contributed by atoms with Gasteiger partial charge in [0.15, 0.2) is 0 Å². The summed E-state index contributed by atoms with van der Waals surface area (Å²) in [6.45, 7) is 2.56. The van der Waals surface area contributed by atoms with Crippen molar-refractivity contribution < 1.29 is 19.0 Å². The van der Waals surface area contributed by atoms with Crippen LogP contribution in [0.4, 0.5) is 4.39 Å². The number of aromatic nitrogens is 2. The van der Waals surface area contributed by atoms with Crippen molar-refractivity contribution in [1.29, 1.82) is 0 Å². The molecule has 0 saturated carbocycles. The van der Waals surface area contributed by atoms with Gasteiger partial charge in [0.1, 0.15) is 23.8 Å². The molecule has 0 aliphatic carbocycles. The highest BCUT2D eigenvalue weighted by Gasteiger charge is 2.33. The summed E-state index contributed by atoms with van der Waals surface area (Å²) in [7, 11) is 1.94. The average molecular weight is 335 g/mol. The summed E-state index contributed by atoms with van der Waals surface area (Å²) in [6, 6.07) is 5.89. The van der Waals surface area contributed by atoms with Crippen LogP contribution in [-0.4, -0.2) is 58.1 Å². The fourth-order valence-electron chi connectivity index (χ4n) is 2.76. The van der Waals surface area contributed by atoms with Crippen LogP contribution in [0.25, 0.3) is 0 Å². The molecule has 130 valence electrons. The monoisotopic (exact) mass is 335 g/mol. The molecule has 1 fully saturated rings. The molecule has 1 aliphatic rings. The van der Waals surface area contributed by atoms with E-state index in [0.717, 1.165) is 5.69 Å². The van der Waals surface area contributed by atoms with Gasteiger partial charge in [0.05, 0.1) is 25.2 Å². The summed E-state index contributed by atoms with van der Waals surface area (Å²) in [4.78, 5) is 6.22. The Morgan fingerprint density at radius 2 is 2.33 bits per heavy atom. The van der Waals surface area contributed by atoms with Crippen LogP contribution in [-0.2, 0) is 18.3 Å². The lowest BCUT2D eigenvalue weighted by molar-refractivity contribution is -0.0648. The largest absolute Gasteiger partial charge is 0.490 e. The van der Waals surface area contributed by atoms with Gasteiger partial charge >= 0.3 is 0 Å². The molecule has 2 aromatic rings. The Bertz CT molecular complexity index is 679. The van der Waals surface area contributed by atoms with Gasteiger partial charge in [-0.05, 0) is 12.1 Å². The van der Waals surface area contributed by atoms with E-state index in [4.69, 9.17) is 9.47 Å². The summed E-state index contributed by atoms with van der Waals surface area (Å²) >= 11 is 0. The van der Waals surface area contributed by atoms with Crippen molar-refractivity contribution >= 4 is 0 Å². The van der Waals surface area contributed by atoms with E-state index in [2.05, 4.69) is 9.88 Å². The minimum absolute atomic E-state index is 0.0400. The van der Waals surface area contributed by atoms with Gasteiger partial charge < -0.3 is 19.1 Å². The predicted molar refractivity (Wildman–Crippen MR) is 86.1 cm³/mol. The van der Waals surface area contributed by atoms with Gasteiger partial charge in [-0.15, -0.1) is 0 Å². The number of hydrogen-bond acceptors (Lipinski definition) is 5. The van der Waals surface area contributed by atoms with Crippen LogP contribution in [0.1, 0.15) is 5.69 Å². The zero-order valence-corrected chi connectivity index (χ0v) is 13.7. The van der Waals surface area contributed by atoms with Crippen molar-refractivity contribution in [2.45, 2.75) is 12.1 Å². The quantitative estimate of drug-likeness (QED) is 0.890. The number of β-amino-alcohol motifs (C(OH)–C–C–N with tert-alkyl or cyclic N) is 1. The van der Waals surface area contributed by atoms with Gasteiger partial charge in [-0.3, -0.25) is 4.90 Å². The molecule has 1 aromatic heterocycles. The third-order valence-electron chi connectivity index (χ3n) is 4.05. The fourth-order valence-corrected chi connectivity index (χ4v) is 2.76. The molecule has 1 unspecified atom stereocenters. The van der Waals surface area contributed by atoms with Crippen LogP contribution in [0.2, 0.25) is 0 Å². The lowest BCUT2D eigenvalue weighted by Crippen LogP contribution is -2.48. The normalized spacial score (nSPS) is 22.3. The summed E-state index contributed by atoms with van der Waals surface area (Å²) < 4.78 is 26.3. The van der Waals surface area contributed by atoms with Crippen molar-refractivity contribution in [3.8, 4) is 5.75 Å². The van der Waals surface area contributed by atoms with Crippen LogP contribution in [0.15, 0.2) is 36.8 Å². The molecule has 2 heterocycles. The number of aliphatic hydroxyl groups is 1. The maximum atomic E-state index is 13.2. The van der Waals surface area contributed by atoms with Crippen molar-refractivity contribution in [3.05, 3.63) is 48.3 Å². The third kappa shape index (κ3) is 4.31. The first kappa shape index (κ1) is 16.9. The predicted octanol–water partition coefficient (Wildman–Crippen LogP) is 1.20. The fraction of sp³-hybridized carbons (Fsp3) is 0.471. The first-order chi connectivity index (χ1) is 11.5. The van der Waals surface area contributed by atoms with Crippen LogP contribution in [0.5, 0.6) is 5.75 Å². The van der Waals surface area contributed by atoms with Crippen LogP contribution >= 0.6 is 0 Å². The smallest absolute Gasteiger partial charge is 0.134 e. The molecule has 24 heavy (non-hydrogen) atoms. The van der Waals surface area contributed by atoms with E-state index in [1.165, 1.54) is 12.1 Å². The zero-order valence-electron chi connectivity index (χ0n) is 13.7. The van der Waals surface area contributed by atoms with Gasteiger partial charge in [-0.25, -0.2) is 9.37 Å². The molecule has 0 bridgehead atoms. The van der Waals surface area contributed by atoms with E-state index < -0.39 is 5.60 Å². The Balaban J connectivity index is 1.63. The Kier molecular flexibility index (Phi) is 5.13. The number of rotatable bonds is 5. The number of hydrogen-bond donors (Lipinski definition) is 1. The van der Waals surface area contributed by atoms with Crippen LogP contribution < -0.4 is 4.74 Å². The first-order valence-electron chi connectivity index (χ1n) is 7.90. The standard InChI is InChI=1S/C17H22FN3O3/c1-20-13-19-8-15(20)9-21-5-6-23-11-17(22,10-21)12-24-16-4-2-3-14(18)7-16/h2-4,7-8,13,22H,5-6,9-12H2,1H3. The highest BCUT2D eigenvalue weighted by molar-refractivity contribution is 5.22. The van der Waals surface area contributed by atoms with E-state index in [1.54, 1.807) is 18.5 Å². The molecule has 1 aromatic carbocycles. The number of ether oxygens (including phenoxy) is 2. The first-order valence-corrected chi connectivity index (χ1v) is 7.90. The molecular weight excluding hydrogens is 313 g/mol. The lowest BCUT2D eigenvalue weighted by Gasteiger charge is -2.30. The topological polar surface area (TPSA) is 59.8 Å². The Morgan fingerprint density at radius 1 is 1.46 bits per heavy atom. The molecule has 7 heteroatoms. The van der Waals surface area contributed by atoms with E-state index in [1.807, 2.05) is 17.8 Å². The Morgan fingerprint density at radius 3 is 3.08 bits per heavy atom. The van der Waals surface area contributed by atoms with Crippen molar-refractivity contribution in [1.82, 2.24) is 14.5 Å². The van der Waals surface area contributed by atoms with Crippen molar-refractivity contribution in [2.24, 2.45) is 7.05 Å². The van der Waals surface area contributed by atoms with Gasteiger partial charge in [-0.1, -0.05) is 6.07 Å². The molecule has 6 nitrogen and oxygen atoms in total. The van der Waals surface area contributed by atoms with Crippen molar-refractivity contribution in [3.63, 3.8) is 0 Å². The highest BCUT2D eigenvalue weighted by atomic mass is 19.1. The van der Waals surface area contributed by atoms with Crippen LogP contribution in [0, 0.1) is 5.82 Å². The maximum Gasteiger partial charge on any atom is 0.134 e. The van der Waals surface area contributed by atoms with E-state index in [-0.39, 0.29) is 19.0 Å². The van der Waals surface area contributed by atoms with Gasteiger partial charge in [0.2, 0.25) is 0 Å². The zero-order chi connectivity index (χ0) is 17.0. The second-order valence-corrected chi connectivity index (χ2v) is 6.23. The molecule has 3 rings (SSSR count). The maximum absolute atomic E-state index is 13.2. The highest BCUT2D eigenvalue weighted by Crippen LogP contribution is 2.18. The number of benzene rings is 1. The molecule has 0 radical (unpaired) electrons. The molecular formula is C17H22FN3O3. The average Bonchev–Trinajstić information content (AvgIpc) is 2.85. The summed E-state index contributed by atoms with van der Waals surface area (Å²) in [5.74, 6) is 0.0281. The van der Waals surface area contributed by atoms with E-state index in [9.17, 15) is 9.50 Å². The Hall–Kier alpha value is -1.96. The second-order valence-electron chi connectivity index (χ2n) is 6.23. The molecule has 1 N–H and O–H groups in total. The van der Waals surface area contributed by atoms with E-state index in [0.29, 0.717) is 32.0 Å². The molecule has 1 saturated heterocycles. The number of nitrogens with zero attached hydrogens (tertiary/aromatic N) is 3. The lowest BCUT2D eigenvalue weighted by atomic mass is 10.1. The van der Waals surface area contributed by atoms with Crippen LogP contribution in [0.3, 0.4) is 0 Å². The summed E-state index contributed by atoms with van der Waals surface area (Å²) in [5, 5.41) is 10.8. The van der Waals surface area contributed by atoms with Crippen molar-refractivity contribution in [2.75, 3.05) is 32.9 Å². The Labute approximate surface area is 140 Å². The minimum atomic E-state index is -1.15. The van der Waals surface area contributed by atoms with E-state index >= 15 is 0 Å². The third-order valence-corrected chi connectivity index (χ3v) is 4.05. The van der Waals surface area contributed by atoms with Gasteiger partial charge in [0.25, 0.3) is 0 Å². The van der Waals surface area contributed by atoms with Gasteiger partial charge in [0, 0.05) is 38.9 Å². The molecule has 1 aliphatic heterocycles. The number of imidazole rings is 1. The number of aryl methyl sites for hydroxylation is 1.